The van der Waals surface area contributed by atoms with Gasteiger partial charge in [-0.1, -0.05) is 75.4 Å². The fraction of sp³-hybridized carbons (Fsp3) is 0.269. The van der Waals surface area contributed by atoms with E-state index in [1.54, 1.807) is 12.1 Å². The summed E-state index contributed by atoms with van der Waals surface area (Å²) in [5, 5.41) is 6.97. The highest BCUT2D eigenvalue weighted by Gasteiger charge is 2.21. The van der Waals surface area contributed by atoms with Gasteiger partial charge in [0.1, 0.15) is 0 Å². The first-order valence-corrected chi connectivity index (χ1v) is 12.2. The number of nitrogens with one attached hydrogen (secondary N) is 1. The summed E-state index contributed by atoms with van der Waals surface area (Å²) in [5.74, 6) is 0. The van der Waals surface area contributed by atoms with Crippen LogP contribution in [-0.4, -0.2) is 18.2 Å². The van der Waals surface area contributed by atoms with Gasteiger partial charge in [0.05, 0.1) is 28.5 Å². The van der Waals surface area contributed by atoms with Gasteiger partial charge in [0.15, 0.2) is 0 Å². The van der Waals surface area contributed by atoms with E-state index in [9.17, 15) is 8.42 Å². The molecule has 0 amide bonds. The van der Waals surface area contributed by atoms with Gasteiger partial charge in [0.2, 0.25) is 0 Å². The Labute approximate surface area is 190 Å². The van der Waals surface area contributed by atoms with Crippen molar-refractivity contribution in [1.29, 1.82) is 0 Å². The monoisotopic (exact) mass is 447 g/mol. The van der Waals surface area contributed by atoms with Crippen LogP contribution in [0.25, 0.3) is 10.8 Å². The van der Waals surface area contributed by atoms with Gasteiger partial charge in [0, 0.05) is 0 Å². The highest BCUT2D eigenvalue weighted by molar-refractivity contribution is 7.92. The average molecular weight is 448 g/mol. The normalized spacial score (nSPS) is 12.3. The number of anilines is 1. The van der Waals surface area contributed by atoms with Gasteiger partial charge in [-0.2, -0.15) is 5.10 Å². The number of benzene rings is 3. The van der Waals surface area contributed by atoms with E-state index in [1.165, 1.54) is 10.8 Å². The molecular formula is C26H29N3O2S. The average Bonchev–Trinajstić information content (AvgIpc) is 3.00. The molecule has 5 nitrogen and oxygen atoms in total. The van der Waals surface area contributed by atoms with Crippen LogP contribution in [0.4, 0.5) is 5.69 Å². The summed E-state index contributed by atoms with van der Waals surface area (Å²) in [6.45, 7) is 10.6. The zero-order valence-corrected chi connectivity index (χ0v) is 20.0. The van der Waals surface area contributed by atoms with Crippen molar-refractivity contribution in [3.05, 3.63) is 89.2 Å². The van der Waals surface area contributed by atoms with Crippen LogP contribution in [0.1, 0.15) is 43.3 Å². The van der Waals surface area contributed by atoms with Crippen LogP contribution < -0.4 is 4.72 Å². The van der Waals surface area contributed by atoms with Crippen molar-refractivity contribution < 1.29 is 8.42 Å². The number of hydrogen-bond acceptors (Lipinski definition) is 3. The first-order chi connectivity index (χ1) is 15.1. The lowest BCUT2D eigenvalue weighted by atomic mass is 9.87. The topological polar surface area (TPSA) is 64.0 Å². The summed E-state index contributed by atoms with van der Waals surface area (Å²) in [5.41, 5.74) is 4.16. The van der Waals surface area contributed by atoms with Crippen LogP contribution in [0.15, 0.2) is 71.6 Å². The maximum Gasteiger partial charge on any atom is 0.262 e. The number of sulfonamides is 1. The number of hydrogen-bond donors (Lipinski definition) is 1. The second-order valence-corrected chi connectivity index (χ2v) is 10.9. The summed E-state index contributed by atoms with van der Waals surface area (Å²) in [7, 11) is -3.72. The maximum atomic E-state index is 13.1. The Balaban J connectivity index is 1.63. The summed E-state index contributed by atoms with van der Waals surface area (Å²) < 4.78 is 30.7. The summed E-state index contributed by atoms with van der Waals surface area (Å²) >= 11 is 0. The smallest absolute Gasteiger partial charge is 0.262 e. The second-order valence-electron chi connectivity index (χ2n) is 9.22. The van der Waals surface area contributed by atoms with Crippen LogP contribution in [0.3, 0.4) is 0 Å². The molecule has 4 rings (SSSR count). The van der Waals surface area contributed by atoms with Crippen LogP contribution >= 0.6 is 0 Å². The molecule has 0 bridgehead atoms. The van der Waals surface area contributed by atoms with Crippen molar-refractivity contribution in [2.24, 2.45) is 0 Å². The Kier molecular flexibility index (Phi) is 5.59. The molecule has 0 atom stereocenters. The number of aryl methyl sites for hydroxylation is 1. The minimum atomic E-state index is -3.72. The van der Waals surface area contributed by atoms with Crippen molar-refractivity contribution in [3.63, 3.8) is 0 Å². The molecule has 0 spiro atoms. The Bertz CT molecular complexity index is 1370. The van der Waals surface area contributed by atoms with Crippen LogP contribution in [0.2, 0.25) is 0 Å². The van der Waals surface area contributed by atoms with Crippen molar-refractivity contribution >= 4 is 26.5 Å². The quantitative estimate of drug-likeness (QED) is 0.420. The molecule has 32 heavy (non-hydrogen) atoms. The standard InChI is InChI=1S/C26H29N3O2S/c1-18-25(28-32(30,31)23-15-13-22(14-16-23)26(3,4)5)19(2)29(27-18)17-21-11-8-10-20-9-6-7-12-24(20)21/h6-16,28H,17H2,1-5H3. The van der Waals surface area contributed by atoms with Crippen molar-refractivity contribution in [2.75, 3.05) is 4.72 Å². The molecule has 0 saturated carbocycles. The number of fused-ring (bicyclic) bond motifs is 1. The second kappa shape index (κ2) is 8.10. The largest absolute Gasteiger partial charge is 0.276 e. The third-order valence-electron chi connectivity index (χ3n) is 5.85. The lowest BCUT2D eigenvalue weighted by Gasteiger charge is -2.19. The fourth-order valence-electron chi connectivity index (χ4n) is 3.92. The Morgan fingerprint density at radius 3 is 2.25 bits per heavy atom. The zero-order valence-electron chi connectivity index (χ0n) is 19.2. The van der Waals surface area contributed by atoms with Gasteiger partial charge in [-0.15, -0.1) is 0 Å². The molecule has 1 aromatic heterocycles. The Hall–Kier alpha value is -3.12. The van der Waals surface area contributed by atoms with Gasteiger partial charge < -0.3 is 0 Å². The number of aromatic nitrogens is 2. The summed E-state index contributed by atoms with van der Waals surface area (Å²) in [4.78, 5) is 0.242. The van der Waals surface area contributed by atoms with E-state index < -0.39 is 10.0 Å². The molecule has 166 valence electrons. The molecule has 0 radical (unpaired) electrons. The summed E-state index contributed by atoms with van der Waals surface area (Å²) in [6, 6.07) is 21.5. The number of nitrogens with zero attached hydrogens (tertiary/aromatic N) is 2. The zero-order chi connectivity index (χ0) is 23.1. The van der Waals surface area contributed by atoms with E-state index >= 15 is 0 Å². The van der Waals surface area contributed by atoms with Gasteiger partial charge >= 0.3 is 0 Å². The fourth-order valence-corrected chi connectivity index (χ4v) is 5.09. The predicted octanol–water partition coefficient (Wildman–Crippen LogP) is 5.80. The van der Waals surface area contributed by atoms with E-state index in [4.69, 9.17) is 0 Å². The number of rotatable bonds is 5. The molecule has 0 saturated heterocycles. The maximum absolute atomic E-state index is 13.1. The van der Waals surface area contributed by atoms with Crippen LogP contribution in [-0.2, 0) is 22.0 Å². The molecular weight excluding hydrogens is 418 g/mol. The van der Waals surface area contributed by atoms with Gasteiger partial charge in [0.25, 0.3) is 10.0 Å². The van der Waals surface area contributed by atoms with E-state index in [0.29, 0.717) is 17.9 Å². The summed E-state index contributed by atoms with van der Waals surface area (Å²) in [6.07, 6.45) is 0. The van der Waals surface area contributed by atoms with E-state index in [0.717, 1.165) is 16.8 Å². The molecule has 0 aliphatic rings. The molecule has 0 fully saturated rings. The minimum absolute atomic E-state index is 0.0361. The molecule has 6 heteroatoms. The third kappa shape index (κ3) is 4.28. The lowest BCUT2D eigenvalue weighted by molar-refractivity contribution is 0.587. The third-order valence-corrected chi connectivity index (χ3v) is 7.21. The molecule has 1 N–H and O–H groups in total. The molecule has 1 heterocycles. The molecule has 3 aromatic carbocycles. The first-order valence-electron chi connectivity index (χ1n) is 10.7. The highest BCUT2D eigenvalue weighted by Crippen LogP contribution is 2.27. The predicted molar refractivity (Wildman–Crippen MR) is 131 cm³/mol. The molecule has 0 aliphatic heterocycles. The van der Waals surface area contributed by atoms with Gasteiger partial charge in [-0.3, -0.25) is 9.40 Å². The molecule has 0 aliphatic carbocycles. The molecule has 4 aromatic rings. The SMILES string of the molecule is Cc1nn(Cc2cccc3ccccc23)c(C)c1NS(=O)(=O)c1ccc(C(C)(C)C)cc1. The lowest BCUT2D eigenvalue weighted by Crippen LogP contribution is -2.15. The van der Waals surface area contributed by atoms with E-state index in [1.807, 2.05) is 48.9 Å². The van der Waals surface area contributed by atoms with Gasteiger partial charge in [-0.25, -0.2) is 8.42 Å². The minimum Gasteiger partial charge on any atom is -0.276 e. The van der Waals surface area contributed by atoms with Crippen molar-refractivity contribution in [1.82, 2.24) is 9.78 Å². The van der Waals surface area contributed by atoms with Crippen LogP contribution in [0.5, 0.6) is 0 Å². The van der Waals surface area contributed by atoms with E-state index in [2.05, 4.69) is 54.9 Å². The van der Waals surface area contributed by atoms with Crippen molar-refractivity contribution in [2.45, 2.75) is 51.5 Å². The highest BCUT2D eigenvalue weighted by atomic mass is 32.2. The van der Waals surface area contributed by atoms with Crippen molar-refractivity contribution in [3.8, 4) is 0 Å². The van der Waals surface area contributed by atoms with E-state index in [-0.39, 0.29) is 10.3 Å². The van der Waals surface area contributed by atoms with Gasteiger partial charge in [-0.05, 0) is 53.3 Å². The molecule has 0 unspecified atom stereocenters. The Morgan fingerprint density at radius 1 is 0.906 bits per heavy atom. The van der Waals surface area contributed by atoms with Crippen LogP contribution in [0, 0.1) is 13.8 Å². The first kappa shape index (κ1) is 22.1. The Morgan fingerprint density at radius 2 is 1.56 bits per heavy atom.